The van der Waals surface area contributed by atoms with E-state index in [2.05, 4.69) is 82.3 Å². The number of aromatic nitrogens is 12. The summed E-state index contributed by atoms with van der Waals surface area (Å²) < 4.78 is 124. The summed E-state index contributed by atoms with van der Waals surface area (Å²) in [5.74, 6) is 0. The maximum atomic E-state index is 9.87. The minimum absolute atomic E-state index is 0. The van der Waals surface area contributed by atoms with Gasteiger partial charge in [-0.15, -0.1) is 15.3 Å². The number of nitrogens with zero attached hydrogens (tertiary/aromatic N) is 13. The molecule has 28 heteroatoms. The molecule has 0 saturated carbocycles. The summed E-state index contributed by atoms with van der Waals surface area (Å²) >= 11 is 0. The molecule has 0 aliphatic rings. The molecular formula is C44H39F12N13P2Ru. The normalized spacial score (nSPS) is 12.4. The molecule has 0 aliphatic carbocycles. The molecule has 0 spiro atoms. The Balaban J connectivity index is 0.000000245. The van der Waals surface area contributed by atoms with Gasteiger partial charge in [0, 0.05) is 25.5 Å². The van der Waals surface area contributed by atoms with Crippen LogP contribution in [-0.2, 0) is 39.1 Å². The second-order valence-corrected chi connectivity index (χ2v) is 18.0. The predicted octanol–water partition coefficient (Wildman–Crippen LogP) is 14.5. The second kappa shape index (κ2) is 24.2. The minimum Gasteiger partial charge on any atom is -0.254 e. The zero-order chi connectivity index (χ0) is 52.2. The van der Waals surface area contributed by atoms with Crippen molar-refractivity contribution in [2.45, 2.75) is 26.6 Å². The van der Waals surface area contributed by atoms with Crippen LogP contribution in [0.1, 0.15) is 23.6 Å². The number of nitriles is 1. The first-order chi connectivity index (χ1) is 33.1. The first-order valence-electron chi connectivity index (χ1n) is 20.1. The first-order valence-corrected chi connectivity index (χ1v) is 24.1. The van der Waals surface area contributed by atoms with Gasteiger partial charge in [-0.1, -0.05) is 125 Å². The number of benzene rings is 3. The van der Waals surface area contributed by atoms with E-state index in [9.17, 15) is 50.4 Å². The molecule has 0 fully saturated rings. The maximum Gasteiger partial charge on any atom is 2.00 e. The van der Waals surface area contributed by atoms with Crippen molar-refractivity contribution >= 4 is 15.6 Å². The molecular weight excluding hydrogens is 1100 g/mol. The van der Waals surface area contributed by atoms with E-state index in [0.717, 1.165) is 53.8 Å². The molecule has 0 radical (unpaired) electrons. The van der Waals surface area contributed by atoms with Crippen molar-refractivity contribution in [3.8, 4) is 40.2 Å². The minimum atomic E-state index is -10.7. The van der Waals surface area contributed by atoms with Crippen molar-refractivity contribution in [2.24, 2.45) is 0 Å². The Labute approximate surface area is 415 Å². The van der Waals surface area contributed by atoms with Crippen LogP contribution in [0, 0.1) is 11.3 Å². The smallest absolute Gasteiger partial charge is 0.254 e. The molecule has 6 aromatic heterocycles. The van der Waals surface area contributed by atoms with Crippen LogP contribution in [0.25, 0.3) is 34.2 Å². The van der Waals surface area contributed by atoms with Crippen LogP contribution < -0.4 is 0 Å². The van der Waals surface area contributed by atoms with Crippen molar-refractivity contribution in [1.82, 2.24) is 59.9 Å². The summed E-state index contributed by atoms with van der Waals surface area (Å²) in [6.45, 7) is 3.60. The fourth-order valence-corrected chi connectivity index (χ4v) is 5.33. The molecule has 0 N–H and O–H groups in total. The van der Waals surface area contributed by atoms with Crippen LogP contribution in [0.15, 0.2) is 183 Å². The monoisotopic (exact) mass is 1140 g/mol. The Morgan fingerprint density at radius 3 is 0.778 bits per heavy atom. The van der Waals surface area contributed by atoms with Gasteiger partial charge in [-0.2, -0.15) is 5.26 Å². The van der Waals surface area contributed by atoms with Crippen LogP contribution in [0.4, 0.5) is 50.4 Å². The van der Waals surface area contributed by atoms with Gasteiger partial charge in [0.2, 0.25) is 0 Å². The summed E-state index contributed by atoms with van der Waals surface area (Å²) in [5, 5.41) is 32.1. The van der Waals surface area contributed by atoms with Crippen molar-refractivity contribution in [1.29, 1.82) is 5.26 Å². The van der Waals surface area contributed by atoms with Crippen molar-refractivity contribution in [3.05, 3.63) is 199 Å². The van der Waals surface area contributed by atoms with Gasteiger partial charge in [-0.05, 0) is 53.1 Å². The first kappa shape index (κ1) is 59.0. The molecule has 3 aromatic carbocycles. The third-order valence-corrected chi connectivity index (χ3v) is 7.96. The Bertz CT molecular complexity index is 2690. The molecule has 0 atom stereocenters. The van der Waals surface area contributed by atoms with E-state index in [4.69, 9.17) is 5.26 Å². The third-order valence-electron chi connectivity index (χ3n) is 7.96. The molecule has 0 unspecified atom stereocenters. The largest absolute Gasteiger partial charge is 2.00 e. The fourth-order valence-electron chi connectivity index (χ4n) is 5.33. The van der Waals surface area contributed by atoms with Crippen LogP contribution in [0.5, 0.6) is 0 Å². The summed E-state index contributed by atoms with van der Waals surface area (Å²) in [7, 11) is -21.3. The molecule has 382 valence electrons. The predicted molar refractivity (Wildman–Crippen MR) is 245 cm³/mol. The van der Waals surface area contributed by atoms with Crippen LogP contribution in [0.3, 0.4) is 0 Å². The Hall–Kier alpha value is -7.34. The number of hydrogen-bond donors (Lipinski definition) is 0. The average Bonchev–Trinajstić information content (AvgIpc) is 4.10. The van der Waals surface area contributed by atoms with E-state index in [-0.39, 0.29) is 19.5 Å². The maximum absolute atomic E-state index is 10.7. The summed E-state index contributed by atoms with van der Waals surface area (Å²) in [4.78, 5) is 12.8. The van der Waals surface area contributed by atoms with Crippen LogP contribution >= 0.6 is 15.6 Å². The van der Waals surface area contributed by atoms with E-state index in [1.807, 2.05) is 142 Å². The summed E-state index contributed by atoms with van der Waals surface area (Å²) in [6.07, 6.45) is 11.0. The zero-order valence-electron chi connectivity index (χ0n) is 37.0. The van der Waals surface area contributed by atoms with Gasteiger partial charge in [0.1, 0.15) is 17.1 Å². The van der Waals surface area contributed by atoms with E-state index in [0.29, 0.717) is 0 Å². The topological polar surface area (TPSA) is 155 Å². The van der Waals surface area contributed by atoms with Crippen LogP contribution in [-0.4, -0.2) is 59.9 Å². The molecule has 0 aliphatic heterocycles. The molecule has 0 amide bonds. The van der Waals surface area contributed by atoms with E-state index in [1.165, 1.54) is 23.6 Å². The molecule has 6 heterocycles. The van der Waals surface area contributed by atoms with Gasteiger partial charge >= 0.3 is 85.5 Å². The van der Waals surface area contributed by atoms with Crippen LogP contribution in [0.2, 0.25) is 0 Å². The Kier molecular flexibility index (Phi) is 19.8. The number of pyridine rings is 3. The number of halogens is 12. The molecule has 0 saturated heterocycles. The van der Waals surface area contributed by atoms with Gasteiger partial charge < -0.3 is 0 Å². The molecule has 0 bridgehead atoms. The van der Waals surface area contributed by atoms with E-state index in [1.54, 1.807) is 24.7 Å². The summed E-state index contributed by atoms with van der Waals surface area (Å²) in [6, 6.07) is 49.6. The fraction of sp³-hybridized carbons (Fsp3) is 0.0909. The Morgan fingerprint density at radius 1 is 0.375 bits per heavy atom. The molecule has 13 nitrogen and oxygen atoms in total. The Morgan fingerprint density at radius 2 is 0.583 bits per heavy atom. The SMILES string of the molecule is CC#N.F[P-](F)(F)(F)(F)F.F[P-](F)(F)(F)(F)F.[Ru+2].c1ccc(Cn2cc(-c3ccccn3)nn2)cc1.c1ccc(Cn2cc(-c3ccccn3)nn2)cc1.c1ccc(Cn2cc(-c3ccccn3)nn2)cc1. The second-order valence-electron chi connectivity index (χ2n) is 14.1. The van der Waals surface area contributed by atoms with Crippen molar-refractivity contribution in [2.75, 3.05) is 0 Å². The van der Waals surface area contributed by atoms with Gasteiger partial charge in [0.15, 0.2) is 0 Å². The van der Waals surface area contributed by atoms with E-state index < -0.39 is 15.6 Å². The molecule has 9 rings (SSSR count). The quantitative estimate of drug-likeness (QED) is 0.0775. The van der Waals surface area contributed by atoms with Gasteiger partial charge in [0.05, 0.1) is 61.4 Å². The van der Waals surface area contributed by atoms with Gasteiger partial charge in [-0.3, -0.25) is 15.0 Å². The standard InChI is InChI=1S/3C14H12N4.C2H3N.2F6P.Ru/c3*1-2-6-12(7-3-1)10-18-11-14(16-17-18)13-8-4-5-9-15-13;1-2-3;2*1-7(2,3,4,5)6;/h3*1-9,11H,10H2;1H3;;;/q;;;;2*-1;+2. The van der Waals surface area contributed by atoms with Gasteiger partial charge in [0.25, 0.3) is 0 Å². The third kappa shape index (κ3) is 28.4. The number of hydrogen-bond acceptors (Lipinski definition) is 10. The van der Waals surface area contributed by atoms with Crippen molar-refractivity contribution < 1.29 is 69.8 Å². The average molecular weight is 1140 g/mol. The van der Waals surface area contributed by atoms with Gasteiger partial charge in [-0.25, -0.2) is 14.0 Å². The van der Waals surface area contributed by atoms with E-state index >= 15 is 0 Å². The zero-order valence-corrected chi connectivity index (χ0v) is 40.6. The molecule has 9 aromatic rings. The number of rotatable bonds is 9. The molecule has 72 heavy (non-hydrogen) atoms. The summed E-state index contributed by atoms with van der Waals surface area (Å²) in [5.41, 5.74) is 8.54. The van der Waals surface area contributed by atoms with Crippen molar-refractivity contribution in [3.63, 3.8) is 0 Å².